The molecule has 1 N–H and O–H groups in total. The average molecular weight is 293 g/mol. The van der Waals surface area contributed by atoms with E-state index in [1.54, 1.807) is 7.11 Å². The first-order valence-corrected chi connectivity index (χ1v) is 7.83. The second kappa shape index (κ2) is 8.37. The van der Waals surface area contributed by atoms with Crippen LogP contribution in [0.25, 0.3) is 0 Å². The van der Waals surface area contributed by atoms with Crippen molar-refractivity contribution >= 4 is 0 Å². The zero-order valence-electron chi connectivity index (χ0n) is 13.3. The summed E-state index contributed by atoms with van der Waals surface area (Å²) in [6.07, 6.45) is 2.69. The van der Waals surface area contributed by atoms with Crippen molar-refractivity contribution in [2.24, 2.45) is 0 Å². The Morgan fingerprint density at radius 3 is 2.52 bits per heavy atom. The maximum Gasteiger partial charge on any atom is 0.118 e. The number of rotatable bonds is 10. The van der Waals surface area contributed by atoms with Gasteiger partial charge in [0.25, 0.3) is 0 Å². The van der Waals surface area contributed by atoms with E-state index < -0.39 is 0 Å². The van der Waals surface area contributed by atoms with Crippen molar-refractivity contribution < 1.29 is 14.2 Å². The van der Waals surface area contributed by atoms with E-state index in [4.69, 9.17) is 14.2 Å². The highest BCUT2D eigenvalue weighted by atomic mass is 16.5. The molecule has 1 aromatic carbocycles. The summed E-state index contributed by atoms with van der Waals surface area (Å²) in [6.45, 7) is 6.26. The van der Waals surface area contributed by atoms with E-state index >= 15 is 0 Å². The predicted molar refractivity (Wildman–Crippen MR) is 83.8 cm³/mol. The van der Waals surface area contributed by atoms with Crippen molar-refractivity contribution in [2.75, 3.05) is 26.9 Å². The lowest BCUT2D eigenvalue weighted by Gasteiger charge is -2.23. The second-order valence-electron chi connectivity index (χ2n) is 5.55. The molecule has 1 saturated carbocycles. The summed E-state index contributed by atoms with van der Waals surface area (Å²) in [6, 6.07) is 8.79. The second-order valence-corrected chi connectivity index (χ2v) is 5.55. The van der Waals surface area contributed by atoms with Crippen LogP contribution in [0.5, 0.6) is 5.75 Å². The van der Waals surface area contributed by atoms with E-state index in [1.807, 2.05) is 19.1 Å². The number of nitrogens with one attached hydrogen (secondary N) is 1. The van der Waals surface area contributed by atoms with Gasteiger partial charge in [0.15, 0.2) is 0 Å². The third-order valence-corrected chi connectivity index (χ3v) is 3.61. The van der Waals surface area contributed by atoms with Crippen molar-refractivity contribution in [1.82, 2.24) is 5.32 Å². The van der Waals surface area contributed by atoms with E-state index in [0.717, 1.165) is 18.9 Å². The molecule has 4 nitrogen and oxygen atoms in total. The molecule has 118 valence electrons. The molecular formula is C17H27NO3. The van der Waals surface area contributed by atoms with Crippen LogP contribution < -0.4 is 10.1 Å². The molecule has 0 saturated heterocycles. The smallest absolute Gasteiger partial charge is 0.118 e. The summed E-state index contributed by atoms with van der Waals surface area (Å²) >= 11 is 0. The van der Waals surface area contributed by atoms with Crippen LogP contribution in [-0.2, 0) is 9.47 Å². The van der Waals surface area contributed by atoms with Gasteiger partial charge < -0.3 is 19.5 Å². The topological polar surface area (TPSA) is 39.7 Å². The standard InChI is InChI=1S/C17H27NO3/c1-4-20-12-13(2)21-17(11-18-15-7-8-15)14-5-9-16(19-3)10-6-14/h5-6,9-10,13,15,17-18H,4,7-8,11-12H2,1-3H3. The van der Waals surface area contributed by atoms with Crippen molar-refractivity contribution in [3.05, 3.63) is 29.8 Å². The van der Waals surface area contributed by atoms with Crippen LogP contribution in [0.3, 0.4) is 0 Å². The fraction of sp³-hybridized carbons (Fsp3) is 0.647. The number of hydrogen-bond acceptors (Lipinski definition) is 4. The summed E-state index contributed by atoms with van der Waals surface area (Å²) in [7, 11) is 1.68. The minimum atomic E-state index is 0.0481. The number of benzene rings is 1. The first-order valence-electron chi connectivity index (χ1n) is 7.83. The van der Waals surface area contributed by atoms with Gasteiger partial charge in [-0.1, -0.05) is 12.1 Å². The Morgan fingerprint density at radius 2 is 1.95 bits per heavy atom. The average Bonchev–Trinajstić information content (AvgIpc) is 3.33. The third-order valence-electron chi connectivity index (χ3n) is 3.61. The summed E-state index contributed by atoms with van der Waals surface area (Å²) in [5, 5.41) is 3.55. The predicted octanol–water partition coefficient (Wildman–Crippen LogP) is 2.93. The number of methoxy groups -OCH3 is 1. The first-order chi connectivity index (χ1) is 10.2. The molecule has 4 heteroatoms. The van der Waals surface area contributed by atoms with Gasteiger partial charge in [0.05, 0.1) is 25.9 Å². The van der Waals surface area contributed by atoms with Crippen LogP contribution in [0.15, 0.2) is 24.3 Å². The molecule has 2 atom stereocenters. The van der Waals surface area contributed by atoms with Crippen molar-refractivity contribution in [3.63, 3.8) is 0 Å². The molecule has 1 fully saturated rings. The van der Waals surface area contributed by atoms with Gasteiger partial charge in [-0.25, -0.2) is 0 Å². The zero-order valence-corrected chi connectivity index (χ0v) is 13.3. The summed E-state index contributed by atoms with van der Waals surface area (Å²) in [5.41, 5.74) is 1.17. The highest BCUT2D eigenvalue weighted by Gasteiger charge is 2.23. The van der Waals surface area contributed by atoms with E-state index in [0.29, 0.717) is 12.6 Å². The molecule has 2 unspecified atom stereocenters. The molecule has 0 aliphatic heterocycles. The van der Waals surface area contributed by atoms with Gasteiger partial charge >= 0.3 is 0 Å². The van der Waals surface area contributed by atoms with Gasteiger partial charge in [-0.05, 0) is 44.4 Å². The minimum absolute atomic E-state index is 0.0481. The number of ether oxygens (including phenoxy) is 3. The Bertz CT molecular complexity index is 403. The Balaban J connectivity index is 1.95. The van der Waals surface area contributed by atoms with Crippen LogP contribution in [0.4, 0.5) is 0 Å². The summed E-state index contributed by atoms with van der Waals surface area (Å²) < 4.78 is 16.8. The Hall–Kier alpha value is -1.10. The Morgan fingerprint density at radius 1 is 1.24 bits per heavy atom. The Kier molecular flexibility index (Phi) is 6.49. The maximum absolute atomic E-state index is 6.16. The van der Waals surface area contributed by atoms with E-state index in [9.17, 15) is 0 Å². The molecule has 1 aliphatic rings. The van der Waals surface area contributed by atoms with Crippen molar-refractivity contribution in [3.8, 4) is 5.75 Å². The molecule has 1 aliphatic carbocycles. The van der Waals surface area contributed by atoms with Gasteiger partial charge in [0.2, 0.25) is 0 Å². The molecule has 0 heterocycles. The molecule has 0 radical (unpaired) electrons. The largest absolute Gasteiger partial charge is 0.497 e. The highest BCUT2D eigenvalue weighted by Crippen LogP contribution is 2.24. The molecule has 0 amide bonds. The molecule has 0 spiro atoms. The zero-order chi connectivity index (χ0) is 15.1. The Labute approximate surface area is 127 Å². The van der Waals surface area contributed by atoms with Gasteiger partial charge in [0.1, 0.15) is 5.75 Å². The van der Waals surface area contributed by atoms with E-state index in [-0.39, 0.29) is 12.2 Å². The van der Waals surface area contributed by atoms with Crippen molar-refractivity contribution in [2.45, 2.75) is 44.9 Å². The maximum atomic E-state index is 6.16. The third kappa shape index (κ3) is 5.65. The van der Waals surface area contributed by atoms with E-state index in [2.05, 4.69) is 24.4 Å². The lowest BCUT2D eigenvalue weighted by atomic mass is 10.1. The SMILES string of the molecule is CCOCC(C)OC(CNC1CC1)c1ccc(OC)cc1. The van der Waals surface area contributed by atoms with E-state index in [1.165, 1.54) is 18.4 Å². The van der Waals surface area contributed by atoms with Gasteiger partial charge in [-0.2, -0.15) is 0 Å². The van der Waals surface area contributed by atoms with Gasteiger partial charge in [0, 0.05) is 19.2 Å². The highest BCUT2D eigenvalue weighted by molar-refractivity contribution is 5.28. The fourth-order valence-electron chi connectivity index (χ4n) is 2.23. The molecule has 1 aromatic rings. The van der Waals surface area contributed by atoms with Crippen molar-refractivity contribution in [1.29, 1.82) is 0 Å². The van der Waals surface area contributed by atoms with Crippen LogP contribution in [0.2, 0.25) is 0 Å². The quantitative estimate of drug-likeness (QED) is 0.720. The lowest BCUT2D eigenvalue weighted by Crippen LogP contribution is -2.29. The lowest BCUT2D eigenvalue weighted by molar-refractivity contribution is -0.0471. The van der Waals surface area contributed by atoms with Crippen LogP contribution >= 0.6 is 0 Å². The molecular weight excluding hydrogens is 266 g/mol. The van der Waals surface area contributed by atoms with Gasteiger partial charge in [-0.15, -0.1) is 0 Å². The molecule has 21 heavy (non-hydrogen) atoms. The summed E-state index contributed by atoms with van der Waals surface area (Å²) in [5.74, 6) is 0.870. The first kappa shape index (κ1) is 16.3. The number of hydrogen-bond donors (Lipinski definition) is 1. The van der Waals surface area contributed by atoms with Crippen LogP contribution in [-0.4, -0.2) is 39.0 Å². The minimum Gasteiger partial charge on any atom is -0.497 e. The normalized spacial score (nSPS) is 17.5. The molecule has 0 bridgehead atoms. The fourth-order valence-corrected chi connectivity index (χ4v) is 2.23. The summed E-state index contributed by atoms with van der Waals surface area (Å²) in [4.78, 5) is 0. The van der Waals surface area contributed by atoms with Crippen LogP contribution in [0.1, 0.15) is 38.4 Å². The molecule has 2 rings (SSSR count). The van der Waals surface area contributed by atoms with Crippen LogP contribution in [0, 0.1) is 0 Å². The monoisotopic (exact) mass is 293 g/mol. The molecule has 0 aromatic heterocycles. The van der Waals surface area contributed by atoms with Gasteiger partial charge in [-0.3, -0.25) is 0 Å².